The van der Waals surface area contributed by atoms with Gasteiger partial charge in [0.2, 0.25) is 0 Å². The van der Waals surface area contributed by atoms with Gasteiger partial charge in [-0.25, -0.2) is 8.42 Å². The second kappa shape index (κ2) is 3.90. The van der Waals surface area contributed by atoms with Gasteiger partial charge in [0, 0.05) is 0 Å². The van der Waals surface area contributed by atoms with Crippen molar-refractivity contribution < 1.29 is 39.6 Å². The number of hydrogen-bond acceptors (Lipinski definition) is 3. The van der Waals surface area contributed by atoms with Gasteiger partial charge in [-0.3, -0.25) is 4.84 Å². The van der Waals surface area contributed by atoms with Crippen molar-refractivity contribution in [3.8, 4) is 0 Å². The predicted molar refractivity (Wildman–Crippen MR) is 30.1 cm³/mol. The quantitative estimate of drug-likeness (QED) is 0.596. The minimum Gasteiger partial charge on any atom is -0.277 e. The largest absolute Gasteiger partial charge is 0.513 e. The number of sulfonamides is 1. The lowest BCUT2D eigenvalue weighted by Crippen LogP contribution is -2.38. The second-order valence-electron chi connectivity index (χ2n) is 1.94. The van der Waals surface area contributed by atoms with Gasteiger partial charge in [-0.15, -0.1) is 0 Å². The van der Waals surface area contributed by atoms with E-state index in [1.807, 2.05) is 0 Å². The molecule has 0 aromatic carbocycles. The maximum absolute atomic E-state index is 11.4. The molecule has 0 aromatic rings. The lowest BCUT2D eigenvalue weighted by molar-refractivity contribution is -0.182. The highest BCUT2D eigenvalue weighted by atomic mass is 32.2. The standard InChI is InChI=1S/C3H3F6NO3S/c4-2(5,6)1-13-10-14(11,12)3(7,8)9/h10H,1H2. The normalized spacial score (nSPS) is 14.4. The highest BCUT2D eigenvalue weighted by molar-refractivity contribution is 7.90. The molecule has 0 aliphatic heterocycles. The van der Waals surface area contributed by atoms with Gasteiger partial charge in [-0.2, -0.15) is 26.3 Å². The van der Waals surface area contributed by atoms with E-state index in [0.717, 1.165) is 0 Å². The first-order chi connectivity index (χ1) is 5.96. The van der Waals surface area contributed by atoms with Crippen LogP contribution in [0.2, 0.25) is 0 Å². The predicted octanol–water partition coefficient (Wildman–Crippen LogP) is 0.920. The third-order valence-electron chi connectivity index (χ3n) is 0.709. The van der Waals surface area contributed by atoms with E-state index in [9.17, 15) is 34.8 Å². The lowest BCUT2D eigenvalue weighted by Gasteiger charge is -2.10. The highest BCUT2D eigenvalue weighted by Crippen LogP contribution is 2.22. The Hall–Kier alpha value is -0.550. The summed E-state index contributed by atoms with van der Waals surface area (Å²) in [5, 5.41) is 0. The van der Waals surface area contributed by atoms with Gasteiger partial charge in [0.25, 0.3) is 0 Å². The van der Waals surface area contributed by atoms with E-state index >= 15 is 0 Å². The van der Waals surface area contributed by atoms with E-state index in [2.05, 4.69) is 4.84 Å². The highest BCUT2D eigenvalue weighted by Gasteiger charge is 2.46. The molecule has 0 heterocycles. The van der Waals surface area contributed by atoms with Gasteiger partial charge in [-0.1, -0.05) is 4.89 Å². The Kier molecular flexibility index (Phi) is 3.75. The molecular weight excluding hydrogens is 244 g/mol. The van der Waals surface area contributed by atoms with Crippen LogP contribution >= 0.6 is 0 Å². The minimum atomic E-state index is -5.89. The zero-order valence-electron chi connectivity index (χ0n) is 6.11. The zero-order valence-corrected chi connectivity index (χ0v) is 6.92. The Labute approximate surface area is 73.8 Å². The molecule has 11 heteroatoms. The van der Waals surface area contributed by atoms with Crippen molar-refractivity contribution in [2.45, 2.75) is 11.7 Å². The van der Waals surface area contributed by atoms with Gasteiger partial charge in [0.15, 0.2) is 6.61 Å². The van der Waals surface area contributed by atoms with Crippen LogP contribution in [-0.4, -0.2) is 26.7 Å². The van der Waals surface area contributed by atoms with E-state index in [1.165, 1.54) is 0 Å². The summed E-state index contributed by atoms with van der Waals surface area (Å²) in [6, 6.07) is 0. The van der Waals surface area contributed by atoms with Crippen LogP contribution in [0.4, 0.5) is 26.3 Å². The van der Waals surface area contributed by atoms with E-state index in [4.69, 9.17) is 0 Å². The van der Waals surface area contributed by atoms with Crippen LogP contribution in [0.15, 0.2) is 0 Å². The third kappa shape index (κ3) is 4.62. The molecule has 14 heavy (non-hydrogen) atoms. The monoisotopic (exact) mass is 247 g/mol. The topological polar surface area (TPSA) is 55.4 Å². The molecule has 0 aliphatic carbocycles. The number of rotatable bonds is 3. The van der Waals surface area contributed by atoms with Gasteiger partial charge < -0.3 is 0 Å². The molecule has 0 atom stereocenters. The van der Waals surface area contributed by atoms with E-state index < -0.39 is 28.3 Å². The van der Waals surface area contributed by atoms with Crippen LogP contribution < -0.4 is 4.89 Å². The fraction of sp³-hybridized carbons (Fsp3) is 1.00. The van der Waals surface area contributed by atoms with Gasteiger partial charge >= 0.3 is 21.7 Å². The summed E-state index contributed by atoms with van der Waals surface area (Å²) in [6.07, 6.45) is -4.92. The summed E-state index contributed by atoms with van der Waals surface area (Å²) in [4.78, 5) is 3.39. The third-order valence-corrected chi connectivity index (χ3v) is 1.66. The maximum atomic E-state index is 11.4. The molecule has 0 saturated heterocycles. The van der Waals surface area contributed by atoms with Crippen LogP contribution in [0.1, 0.15) is 0 Å². The maximum Gasteiger partial charge on any atom is 0.513 e. The number of nitrogens with one attached hydrogen (secondary N) is 1. The molecule has 0 fully saturated rings. The Morgan fingerprint density at radius 1 is 1.07 bits per heavy atom. The fourth-order valence-corrected chi connectivity index (χ4v) is 0.545. The Bertz CT molecular complexity index is 278. The Morgan fingerprint density at radius 2 is 1.50 bits per heavy atom. The molecule has 4 nitrogen and oxygen atoms in total. The molecule has 0 spiro atoms. The molecule has 0 aromatic heterocycles. The summed E-state index contributed by atoms with van der Waals surface area (Å²) < 4.78 is 88.2. The molecule has 0 saturated carbocycles. The summed E-state index contributed by atoms with van der Waals surface area (Å²) in [5.41, 5.74) is -5.71. The SMILES string of the molecule is O=S(=O)(NOCC(F)(F)F)C(F)(F)F. The minimum absolute atomic E-state index is 0.283. The second-order valence-corrected chi connectivity index (χ2v) is 3.57. The summed E-state index contributed by atoms with van der Waals surface area (Å²) in [6.45, 7) is -2.15. The molecule has 1 N–H and O–H groups in total. The number of alkyl halides is 6. The Morgan fingerprint density at radius 3 is 1.79 bits per heavy atom. The van der Waals surface area contributed by atoms with Gasteiger partial charge in [0.05, 0.1) is 0 Å². The van der Waals surface area contributed by atoms with Crippen molar-refractivity contribution in [2.24, 2.45) is 0 Å². The summed E-state index contributed by atoms with van der Waals surface area (Å²) in [5.74, 6) is 0. The van der Waals surface area contributed by atoms with Crippen LogP contribution in [0, 0.1) is 0 Å². The molecule has 0 aliphatic rings. The summed E-state index contributed by atoms with van der Waals surface area (Å²) in [7, 11) is -5.89. The number of halogens is 6. The Balaban J connectivity index is 4.17. The van der Waals surface area contributed by atoms with Crippen LogP contribution in [0.25, 0.3) is 0 Å². The molecular formula is C3H3F6NO3S. The first kappa shape index (κ1) is 13.4. The van der Waals surface area contributed by atoms with Crippen molar-refractivity contribution in [1.29, 1.82) is 0 Å². The van der Waals surface area contributed by atoms with E-state index in [-0.39, 0.29) is 4.89 Å². The van der Waals surface area contributed by atoms with Crippen molar-refractivity contribution in [3.05, 3.63) is 0 Å². The average Bonchev–Trinajstić information content (AvgIpc) is 1.80. The van der Waals surface area contributed by atoms with Crippen molar-refractivity contribution in [1.82, 2.24) is 4.89 Å². The lowest BCUT2D eigenvalue weighted by atomic mass is 10.7. The van der Waals surface area contributed by atoms with Crippen molar-refractivity contribution in [2.75, 3.05) is 6.61 Å². The van der Waals surface area contributed by atoms with E-state index in [0.29, 0.717) is 0 Å². The van der Waals surface area contributed by atoms with Crippen LogP contribution in [0.5, 0.6) is 0 Å². The zero-order chi connectivity index (χ0) is 11.6. The summed E-state index contributed by atoms with van der Waals surface area (Å²) >= 11 is 0. The van der Waals surface area contributed by atoms with Crippen LogP contribution in [0.3, 0.4) is 0 Å². The van der Waals surface area contributed by atoms with Gasteiger partial charge in [-0.05, 0) is 0 Å². The molecule has 0 amide bonds. The van der Waals surface area contributed by atoms with Crippen molar-refractivity contribution in [3.63, 3.8) is 0 Å². The van der Waals surface area contributed by atoms with E-state index in [1.54, 1.807) is 0 Å². The fourth-order valence-electron chi connectivity index (χ4n) is 0.236. The first-order valence-electron chi connectivity index (χ1n) is 2.72. The smallest absolute Gasteiger partial charge is 0.277 e. The molecule has 0 unspecified atom stereocenters. The van der Waals surface area contributed by atoms with Gasteiger partial charge in [0.1, 0.15) is 0 Å². The van der Waals surface area contributed by atoms with Crippen LogP contribution in [-0.2, 0) is 14.9 Å². The first-order valence-corrected chi connectivity index (χ1v) is 4.20. The molecule has 0 bridgehead atoms. The molecule has 86 valence electrons. The van der Waals surface area contributed by atoms with Crippen molar-refractivity contribution >= 4 is 10.0 Å². The molecule has 0 radical (unpaired) electrons. The number of hydrogen-bond donors (Lipinski definition) is 1. The molecule has 0 rings (SSSR count). The average molecular weight is 247 g/mol.